The van der Waals surface area contributed by atoms with Crippen molar-refractivity contribution in [3.05, 3.63) is 30.1 Å². The highest BCUT2D eigenvalue weighted by atomic mass is 16.4. The van der Waals surface area contributed by atoms with E-state index in [1.54, 1.807) is 0 Å². The molecule has 3 heteroatoms. The summed E-state index contributed by atoms with van der Waals surface area (Å²) in [6.45, 7) is 2.95. The van der Waals surface area contributed by atoms with Gasteiger partial charge in [-0.2, -0.15) is 0 Å². The van der Waals surface area contributed by atoms with Crippen molar-refractivity contribution in [2.75, 3.05) is 0 Å². The van der Waals surface area contributed by atoms with Gasteiger partial charge in [-0.15, -0.1) is 0 Å². The molecule has 0 saturated carbocycles. The lowest BCUT2D eigenvalue weighted by atomic mass is 10.2. The van der Waals surface area contributed by atoms with Crippen molar-refractivity contribution < 1.29 is 14.5 Å². The second-order valence-electron chi connectivity index (χ2n) is 2.96. The van der Waals surface area contributed by atoms with Crippen LogP contribution in [0.4, 0.5) is 0 Å². The van der Waals surface area contributed by atoms with E-state index in [0.717, 1.165) is 18.7 Å². The topological polar surface area (TPSA) is 41.2 Å². The summed E-state index contributed by atoms with van der Waals surface area (Å²) in [5.41, 5.74) is 0.858. The van der Waals surface area contributed by atoms with E-state index < -0.39 is 5.97 Å². The molecule has 0 aliphatic heterocycles. The van der Waals surface area contributed by atoms with Gasteiger partial charge in [0, 0.05) is 18.6 Å². The molecular weight excluding hydrogens is 166 g/mol. The zero-order valence-electron chi connectivity index (χ0n) is 7.73. The Kier molecular flexibility index (Phi) is 3.43. The Morgan fingerprint density at radius 3 is 2.92 bits per heavy atom. The van der Waals surface area contributed by atoms with Crippen molar-refractivity contribution in [2.24, 2.45) is 0 Å². The lowest BCUT2D eigenvalue weighted by molar-refractivity contribution is -0.703. The molecule has 0 radical (unpaired) electrons. The molecule has 0 amide bonds. The summed E-state index contributed by atoms with van der Waals surface area (Å²) in [5.74, 6) is -0.781. The van der Waals surface area contributed by atoms with Gasteiger partial charge in [0.05, 0.1) is 0 Å². The second kappa shape index (κ2) is 4.60. The van der Waals surface area contributed by atoms with E-state index in [-0.39, 0.29) is 6.42 Å². The molecule has 13 heavy (non-hydrogen) atoms. The number of nitrogens with zero attached hydrogens (tertiary/aromatic N) is 1. The lowest BCUT2D eigenvalue weighted by Gasteiger charge is -1.99. The Bertz CT molecular complexity index is 297. The summed E-state index contributed by atoms with van der Waals surface area (Å²) in [6.07, 6.45) is 3.03. The van der Waals surface area contributed by atoms with E-state index in [9.17, 15) is 4.79 Å². The van der Waals surface area contributed by atoms with E-state index in [4.69, 9.17) is 5.11 Å². The minimum absolute atomic E-state index is 0.0981. The van der Waals surface area contributed by atoms with Gasteiger partial charge < -0.3 is 5.11 Å². The van der Waals surface area contributed by atoms with Gasteiger partial charge in [-0.25, -0.2) is 4.57 Å². The number of carboxylic acid groups (broad SMARTS) is 1. The highest BCUT2D eigenvalue weighted by Gasteiger charge is 2.11. The van der Waals surface area contributed by atoms with Crippen molar-refractivity contribution in [1.29, 1.82) is 0 Å². The van der Waals surface area contributed by atoms with Gasteiger partial charge in [0.25, 0.3) is 0 Å². The molecule has 0 fully saturated rings. The van der Waals surface area contributed by atoms with E-state index >= 15 is 0 Å². The van der Waals surface area contributed by atoms with E-state index in [2.05, 4.69) is 6.92 Å². The number of pyridine rings is 1. The molecule has 0 aliphatic carbocycles. The lowest BCUT2D eigenvalue weighted by Crippen LogP contribution is -2.38. The largest absolute Gasteiger partial charge is 0.481 e. The molecule has 0 aliphatic rings. The van der Waals surface area contributed by atoms with Gasteiger partial charge in [-0.3, -0.25) is 4.79 Å². The quantitative estimate of drug-likeness (QED) is 0.702. The number of carboxylic acids is 1. The van der Waals surface area contributed by atoms with Crippen LogP contribution in [0.1, 0.15) is 19.0 Å². The third-order valence-corrected chi connectivity index (χ3v) is 1.83. The van der Waals surface area contributed by atoms with E-state index in [0.29, 0.717) is 0 Å². The molecule has 70 valence electrons. The average molecular weight is 180 g/mol. The molecule has 1 heterocycles. The number of aryl methyl sites for hydroxylation is 1. The molecule has 0 bridgehead atoms. The molecular formula is C10H14NO2+. The van der Waals surface area contributed by atoms with E-state index in [1.807, 2.05) is 29.0 Å². The second-order valence-corrected chi connectivity index (χ2v) is 2.96. The van der Waals surface area contributed by atoms with Crippen LogP contribution in [0.2, 0.25) is 0 Å². The first-order valence-corrected chi connectivity index (χ1v) is 4.43. The molecule has 1 aromatic rings. The minimum Gasteiger partial charge on any atom is -0.481 e. The summed E-state index contributed by atoms with van der Waals surface area (Å²) in [4.78, 5) is 10.5. The highest BCUT2D eigenvalue weighted by molar-refractivity contribution is 5.69. The van der Waals surface area contributed by atoms with Crippen molar-refractivity contribution >= 4 is 5.97 Å². The van der Waals surface area contributed by atoms with Crippen molar-refractivity contribution in [1.82, 2.24) is 0 Å². The fraction of sp³-hybridized carbons (Fsp3) is 0.400. The zero-order chi connectivity index (χ0) is 9.68. The first-order chi connectivity index (χ1) is 6.24. The number of aromatic nitrogens is 1. The Hall–Kier alpha value is -1.38. The Labute approximate surface area is 77.6 Å². The Morgan fingerprint density at radius 2 is 2.31 bits per heavy atom. The predicted octanol–water partition coefficient (Wildman–Crippen LogP) is 1.01. The van der Waals surface area contributed by atoms with Gasteiger partial charge in [0.2, 0.25) is 0 Å². The van der Waals surface area contributed by atoms with Gasteiger partial charge in [0.1, 0.15) is 13.0 Å². The maximum absolute atomic E-state index is 10.5. The number of hydrogen-bond donors (Lipinski definition) is 1. The fourth-order valence-electron chi connectivity index (χ4n) is 1.29. The van der Waals surface area contributed by atoms with Crippen LogP contribution in [0, 0.1) is 0 Å². The Balaban J connectivity index is 2.84. The van der Waals surface area contributed by atoms with Crippen LogP contribution in [0.25, 0.3) is 0 Å². The standard InChI is InChI=1S/C10H13NO2/c1-2-6-11-7-4-3-5-9(11)8-10(12)13/h3-5,7H,2,6,8H2,1H3/p+1. The van der Waals surface area contributed by atoms with Crippen molar-refractivity contribution in [2.45, 2.75) is 26.3 Å². The maximum atomic E-state index is 10.5. The normalized spacial score (nSPS) is 9.92. The van der Waals surface area contributed by atoms with Crippen molar-refractivity contribution in [3.63, 3.8) is 0 Å². The molecule has 0 aromatic carbocycles. The number of aliphatic carboxylic acids is 1. The first-order valence-electron chi connectivity index (χ1n) is 4.43. The summed E-state index contributed by atoms with van der Waals surface area (Å²) in [7, 11) is 0. The molecule has 1 aromatic heterocycles. The SMILES string of the molecule is CCC[n+]1ccccc1CC(=O)O. The number of carbonyl (C=O) groups is 1. The van der Waals surface area contributed by atoms with Gasteiger partial charge in [0.15, 0.2) is 11.9 Å². The molecule has 1 N–H and O–H groups in total. The molecule has 1 rings (SSSR count). The summed E-state index contributed by atoms with van der Waals surface area (Å²) in [6, 6.07) is 5.63. The summed E-state index contributed by atoms with van der Waals surface area (Å²) in [5, 5.41) is 8.65. The predicted molar refractivity (Wildman–Crippen MR) is 48.3 cm³/mol. The van der Waals surface area contributed by atoms with Crippen LogP contribution in [0.5, 0.6) is 0 Å². The van der Waals surface area contributed by atoms with Crippen LogP contribution >= 0.6 is 0 Å². The van der Waals surface area contributed by atoms with Gasteiger partial charge >= 0.3 is 5.97 Å². The maximum Gasteiger partial charge on any atom is 0.314 e. The fourth-order valence-corrected chi connectivity index (χ4v) is 1.29. The minimum atomic E-state index is -0.781. The van der Waals surface area contributed by atoms with Gasteiger partial charge in [-0.1, -0.05) is 13.0 Å². The van der Waals surface area contributed by atoms with Crippen LogP contribution in [-0.4, -0.2) is 11.1 Å². The first kappa shape index (κ1) is 9.71. The Morgan fingerprint density at radius 1 is 1.54 bits per heavy atom. The molecule has 3 nitrogen and oxygen atoms in total. The van der Waals surface area contributed by atoms with Gasteiger partial charge in [-0.05, 0) is 0 Å². The zero-order valence-corrected chi connectivity index (χ0v) is 7.73. The third kappa shape index (κ3) is 2.86. The third-order valence-electron chi connectivity index (χ3n) is 1.83. The number of hydrogen-bond acceptors (Lipinski definition) is 1. The van der Waals surface area contributed by atoms with Crippen LogP contribution in [-0.2, 0) is 17.8 Å². The van der Waals surface area contributed by atoms with Crippen LogP contribution in [0.3, 0.4) is 0 Å². The monoisotopic (exact) mass is 180 g/mol. The highest BCUT2D eigenvalue weighted by Crippen LogP contribution is 1.93. The smallest absolute Gasteiger partial charge is 0.314 e. The van der Waals surface area contributed by atoms with Crippen molar-refractivity contribution in [3.8, 4) is 0 Å². The molecule has 0 saturated heterocycles. The molecule has 0 spiro atoms. The summed E-state index contributed by atoms with van der Waals surface area (Å²) >= 11 is 0. The number of rotatable bonds is 4. The van der Waals surface area contributed by atoms with Crippen LogP contribution in [0.15, 0.2) is 24.4 Å². The summed E-state index contributed by atoms with van der Waals surface area (Å²) < 4.78 is 1.98. The molecule has 0 unspecified atom stereocenters. The van der Waals surface area contributed by atoms with Crippen LogP contribution < -0.4 is 4.57 Å². The average Bonchev–Trinajstić information content (AvgIpc) is 2.08. The van der Waals surface area contributed by atoms with E-state index in [1.165, 1.54) is 0 Å². The molecule has 0 atom stereocenters.